The lowest BCUT2D eigenvalue weighted by molar-refractivity contribution is -0.384. The fraction of sp³-hybridized carbons (Fsp3) is 0.310. The van der Waals surface area contributed by atoms with E-state index in [2.05, 4.69) is 13.0 Å². The molecule has 1 aliphatic carbocycles. The Kier molecular flexibility index (Phi) is 7.28. The van der Waals surface area contributed by atoms with Crippen molar-refractivity contribution in [2.24, 2.45) is 4.99 Å². The highest BCUT2D eigenvalue weighted by Crippen LogP contribution is 2.39. The van der Waals surface area contributed by atoms with E-state index < -0.39 is 4.92 Å². The van der Waals surface area contributed by atoms with Crippen LogP contribution in [0.3, 0.4) is 0 Å². The monoisotopic (exact) mass is 515 g/mol. The molecular formula is C29H29N3O4S. The second kappa shape index (κ2) is 10.8. The molecule has 0 N–H and O–H groups in total. The van der Waals surface area contributed by atoms with Crippen LogP contribution in [0.5, 0.6) is 0 Å². The Balaban J connectivity index is 1.49. The summed E-state index contributed by atoms with van der Waals surface area (Å²) >= 11 is 1.38. The molecule has 37 heavy (non-hydrogen) atoms. The molecule has 7 nitrogen and oxygen atoms in total. The highest BCUT2D eigenvalue weighted by Gasteiger charge is 2.39. The first-order valence-corrected chi connectivity index (χ1v) is 13.5. The normalized spacial score (nSPS) is 18.8. The Labute approximate surface area is 220 Å². The van der Waals surface area contributed by atoms with Crippen molar-refractivity contribution >= 4 is 40.3 Å². The minimum Gasteiger partial charge on any atom is -0.457 e. The maximum absolute atomic E-state index is 13.7. The van der Waals surface area contributed by atoms with Crippen molar-refractivity contribution in [3.8, 4) is 11.3 Å². The zero-order chi connectivity index (χ0) is 25.9. The van der Waals surface area contributed by atoms with Gasteiger partial charge in [0.05, 0.1) is 15.5 Å². The van der Waals surface area contributed by atoms with Gasteiger partial charge in [0.2, 0.25) is 0 Å². The van der Waals surface area contributed by atoms with Gasteiger partial charge in [0, 0.05) is 29.8 Å². The average Bonchev–Trinajstić information content (AvgIpc) is 3.49. The number of carbonyl (C=O) groups is 1. The molecule has 190 valence electrons. The van der Waals surface area contributed by atoms with Gasteiger partial charge in [-0.2, -0.15) is 0 Å². The van der Waals surface area contributed by atoms with E-state index in [-0.39, 0.29) is 17.6 Å². The molecule has 1 aromatic heterocycles. The maximum Gasteiger partial charge on any atom is 0.270 e. The predicted molar refractivity (Wildman–Crippen MR) is 148 cm³/mol. The van der Waals surface area contributed by atoms with Crippen LogP contribution in [0.1, 0.15) is 55.9 Å². The Hall–Kier alpha value is -3.65. The van der Waals surface area contributed by atoms with Gasteiger partial charge in [0.25, 0.3) is 11.6 Å². The molecule has 2 fully saturated rings. The molecule has 8 heteroatoms. The molecule has 3 aromatic rings. The van der Waals surface area contributed by atoms with E-state index in [1.54, 1.807) is 24.3 Å². The van der Waals surface area contributed by atoms with E-state index in [0.717, 1.165) is 48.9 Å². The Bertz CT molecular complexity index is 1400. The Morgan fingerprint density at radius 2 is 1.92 bits per heavy atom. The quantitative estimate of drug-likeness (QED) is 0.191. The van der Waals surface area contributed by atoms with Gasteiger partial charge in [-0.25, -0.2) is 4.99 Å². The predicted octanol–water partition coefficient (Wildman–Crippen LogP) is 7.66. The molecule has 0 spiro atoms. The Morgan fingerprint density at radius 1 is 1.14 bits per heavy atom. The van der Waals surface area contributed by atoms with Gasteiger partial charge in [-0.15, -0.1) is 0 Å². The first-order chi connectivity index (χ1) is 17.9. The Morgan fingerprint density at radius 3 is 2.68 bits per heavy atom. The highest BCUT2D eigenvalue weighted by atomic mass is 32.2. The van der Waals surface area contributed by atoms with Crippen LogP contribution in [-0.4, -0.2) is 26.9 Å². The molecule has 1 amide bonds. The number of nitrogens with zero attached hydrogens (tertiary/aromatic N) is 3. The standard InChI is InChI=1S/C29H29N3O4S/c1-3-20-9-7-8-12-25(20)30-29-31(21-10-5-4-6-11-21)28(33)27(37-29)18-23-15-16-26(36-23)24-17-22(32(34)35)14-13-19(24)2/h7-9,12-18,21H,3-6,10-11H2,1-2H3/b27-18+,30-29?. The first-order valence-electron chi connectivity index (χ1n) is 12.7. The van der Waals surface area contributed by atoms with Crippen LogP contribution < -0.4 is 0 Å². The van der Waals surface area contributed by atoms with Gasteiger partial charge in [-0.3, -0.25) is 19.8 Å². The maximum atomic E-state index is 13.7. The highest BCUT2D eigenvalue weighted by molar-refractivity contribution is 8.18. The topological polar surface area (TPSA) is 89.0 Å². The number of non-ortho nitro benzene ring substituents is 1. The number of para-hydroxylation sites is 1. The number of aliphatic imine (C=N–C) groups is 1. The molecule has 0 atom stereocenters. The van der Waals surface area contributed by atoms with Crippen LogP contribution in [0.15, 0.2) is 68.9 Å². The average molecular weight is 516 g/mol. The van der Waals surface area contributed by atoms with Crippen molar-refractivity contribution in [3.05, 3.63) is 86.5 Å². The van der Waals surface area contributed by atoms with Crippen molar-refractivity contribution in [2.75, 3.05) is 0 Å². The minimum absolute atomic E-state index is 0.00904. The van der Waals surface area contributed by atoms with Crippen LogP contribution in [0.2, 0.25) is 0 Å². The lowest BCUT2D eigenvalue weighted by Crippen LogP contribution is -2.40. The summed E-state index contributed by atoms with van der Waals surface area (Å²) in [4.78, 5) is 31.9. The number of furan rings is 1. The van der Waals surface area contributed by atoms with E-state index in [1.165, 1.54) is 30.3 Å². The molecule has 1 aliphatic heterocycles. The number of nitro groups is 1. The molecule has 1 saturated heterocycles. The largest absolute Gasteiger partial charge is 0.457 e. The van der Waals surface area contributed by atoms with E-state index >= 15 is 0 Å². The summed E-state index contributed by atoms with van der Waals surface area (Å²) in [6.45, 7) is 3.99. The molecule has 2 aromatic carbocycles. The van der Waals surface area contributed by atoms with Gasteiger partial charge >= 0.3 is 0 Å². The molecule has 2 heterocycles. The summed E-state index contributed by atoms with van der Waals surface area (Å²) in [5.41, 5.74) is 3.58. The van der Waals surface area contributed by atoms with Crippen LogP contribution in [0.4, 0.5) is 11.4 Å². The number of nitro benzene ring substituents is 1. The lowest BCUT2D eigenvalue weighted by atomic mass is 9.94. The van der Waals surface area contributed by atoms with Crippen LogP contribution in [-0.2, 0) is 11.2 Å². The van der Waals surface area contributed by atoms with E-state index in [1.807, 2.05) is 30.0 Å². The third-order valence-electron chi connectivity index (χ3n) is 6.96. The number of aryl methyl sites for hydroxylation is 2. The number of hydrogen-bond donors (Lipinski definition) is 0. The molecule has 1 saturated carbocycles. The van der Waals surface area contributed by atoms with Crippen LogP contribution in [0, 0.1) is 17.0 Å². The van der Waals surface area contributed by atoms with Crippen molar-refractivity contribution < 1.29 is 14.1 Å². The van der Waals surface area contributed by atoms with Gasteiger partial charge in [-0.05, 0) is 67.3 Å². The second-order valence-corrected chi connectivity index (χ2v) is 10.4. The van der Waals surface area contributed by atoms with Crippen molar-refractivity contribution in [3.63, 3.8) is 0 Å². The number of benzene rings is 2. The molecule has 5 rings (SSSR count). The zero-order valence-corrected chi connectivity index (χ0v) is 21.8. The van der Waals surface area contributed by atoms with Gasteiger partial charge in [-0.1, -0.05) is 50.5 Å². The summed E-state index contributed by atoms with van der Waals surface area (Å²) in [7, 11) is 0. The third-order valence-corrected chi connectivity index (χ3v) is 7.95. The summed E-state index contributed by atoms with van der Waals surface area (Å²) in [6.07, 6.45) is 8.00. The summed E-state index contributed by atoms with van der Waals surface area (Å²) in [5, 5.41) is 12.0. The molecule has 0 radical (unpaired) electrons. The van der Waals surface area contributed by atoms with Gasteiger partial charge in [0.15, 0.2) is 5.17 Å². The number of amidine groups is 1. The fourth-order valence-corrected chi connectivity index (χ4v) is 5.97. The third kappa shape index (κ3) is 5.25. The minimum atomic E-state index is -0.417. The van der Waals surface area contributed by atoms with Crippen LogP contribution in [0.25, 0.3) is 17.4 Å². The SMILES string of the molecule is CCc1ccccc1N=C1S/C(=C/c2ccc(-c3cc([N+](=O)[O-])ccc3C)o2)C(=O)N1C1CCCCC1. The van der Waals surface area contributed by atoms with E-state index in [0.29, 0.717) is 27.2 Å². The van der Waals surface area contributed by atoms with Crippen LogP contribution >= 0.6 is 11.8 Å². The summed E-state index contributed by atoms with van der Waals surface area (Å²) in [6, 6.07) is 16.5. The van der Waals surface area contributed by atoms with E-state index in [9.17, 15) is 14.9 Å². The lowest BCUT2D eigenvalue weighted by Gasteiger charge is -2.30. The number of hydrogen-bond acceptors (Lipinski definition) is 6. The molecule has 0 unspecified atom stereocenters. The van der Waals surface area contributed by atoms with Crippen molar-refractivity contribution in [2.45, 2.75) is 58.4 Å². The molecular weight excluding hydrogens is 486 g/mol. The van der Waals surface area contributed by atoms with Crippen molar-refractivity contribution in [1.29, 1.82) is 0 Å². The summed E-state index contributed by atoms with van der Waals surface area (Å²) in [5.74, 6) is 1.00. The van der Waals surface area contributed by atoms with E-state index in [4.69, 9.17) is 9.41 Å². The zero-order valence-electron chi connectivity index (χ0n) is 21.0. The van der Waals surface area contributed by atoms with Gasteiger partial charge in [0.1, 0.15) is 11.5 Å². The summed E-state index contributed by atoms with van der Waals surface area (Å²) < 4.78 is 6.04. The number of rotatable bonds is 6. The van der Waals surface area contributed by atoms with Crippen molar-refractivity contribution in [1.82, 2.24) is 4.90 Å². The number of carbonyl (C=O) groups excluding carboxylic acids is 1. The first kappa shape index (κ1) is 25.0. The number of amides is 1. The fourth-order valence-electron chi connectivity index (χ4n) is 4.94. The van der Waals surface area contributed by atoms with Gasteiger partial charge < -0.3 is 4.42 Å². The molecule has 0 bridgehead atoms. The number of thioether (sulfide) groups is 1. The molecule has 2 aliphatic rings. The smallest absolute Gasteiger partial charge is 0.270 e. The second-order valence-electron chi connectivity index (χ2n) is 9.41.